The number of amides is 2. The van der Waals surface area contributed by atoms with Crippen LogP contribution in [0.1, 0.15) is 68.9 Å². The monoisotopic (exact) mass is 510 g/mol. The molecule has 0 radical (unpaired) electrons. The fourth-order valence-corrected chi connectivity index (χ4v) is 5.67. The molecule has 1 atom stereocenters. The minimum atomic E-state index is -0.284. The topological polar surface area (TPSA) is 49.9 Å². The predicted molar refractivity (Wildman–Crippen MR) is 144 cm³/mol. The lowest BCUT2D eigenvalue weighted by molar-refractivity contribution is -0.139. The molecule has 5 nitrogen and oxygen atoms in total. The van der Waals surface area contributed by atoms with Gasteiger partial charge in [0.25, 0.3) is 0 Å². The molecule has 0 saturated carbocycles. The van der Waals surface area contributed by atoms with Crippen molar-refractivity contribution in [1.29, 1.82) is 0 Å². The highest BCUT2D eigenvalue weighted by atomic mass is 35.5. The molecule has 0 bridgehead atoms. The minimum absolute atomic E-state index is 0.123. The summed E-state index contributed by atoms with van der Waals surface area (Å²) in [6, 6.07) is 15.7. The normalized spacial score (nSPS) is 18.5. The van der Waals surface area contributed by atoms with E-state index >= 15 is 0 Å². The molecule has 0 unspecified atom stereocenters. The highest BCUT2D eigenvalue weighted by Gasteiger charge is 2.40. The zero-order valence-electron chi connectivity index (χ0n) is 21.7. The number of rotatable bonds is 8. The molecule has 6 heteroatoms. The van der Waals surface area contributed by atoms with Gasteiger partial charge in [-0.2, -0.15) is 0 Å². The van der Waals surface area contributed by atoms with Crippen LogP contribution in [-0.4, -0.2) is 54.4 Å². The van der Waals surface area contributed by atoms with E-state index in [4.69, 9.17) is 16.3 Å². The van der Waals surface area contributed by atoms with E-state index in [2.05, 4.69) is 6.92 Å². The Bertz CT molecular complexity index is 1030. The summed E-state index contributed by atoms with van der Waals surface area (Å²) in [7, 11) is 0. The fourth-order valence-electron chi connectivity index (χ4n) is 5.55. The van der Waals surface area contributed by atoms with Gasteiger partial charge in [-0.05, 0) is 74.8 Å². The van der Waals surface area contributed by atoms with Gasteiger partial charge in [0.2, 0.25) is 11.8 Å². The number of benzene rings is 2. The van der Waals surface area contributed by atoms with Gasteiger partial charge in [-0.3, -0.25) is 9.59 Å². The molecule has 4 rings (SSSR count). The molecule has 2 saturated heterocycles. The van der Waals surface area contributed by atoms with E-state index in [0.29, 0.717) is 31.1 Å². The number of piperidine rings is 2. The first-order chi connectivity index (χ1) is 17.4. The molecule has 2 fully saturated rings. The molecule has 194 valence electrons. The molecule has 0 N–H and O–H groups in total. The summed E-state index contributed by atoms with van der Waals surface area (Å²) in [5.74, 6) is 1.06. The van der Waals surface area contributed by atoms with Gasteiger partial charge in [0.05, 0.1) is 12.5 Å². The van der Waals surface area contributed by atoms with Gasteiger partial charge in [0.1, 0.15) is 5.75 Å². The zero-order chi connectivity index (χ0) is 25.5. The van der Waals surface area contributed by atoms with E-state index in [1.165, 1.54) is 6.42 Å². The zero-order valence-corrected chi connectivity index (χ0v) is 22.4. The first-order valence-corrected chi connectivity index (χ1v) is 13.8. The third-order valence-electron chi connectivity index (χ3n) is 7.95. The molecule has 2 heterocycles. The van der Waals surface area contributed by atoms with Crippen molar-refractivity contribution in [2.24, 2.45) is 5.41 Å². The number of hydrogen-bond acceptors (Lipinski definition) is 3. The third-order valence-corrected chi connectivity index (χ3v) is 8.38. The van der Waals surface area contributed by atoms with Crippen LogP contribution >= 0.6 is 11.6 Å². The SMILES string of the molecule is CC[C@H](C(=O)N1CCC(COc2ccc(Cl)c(C)c2)(CC(=O)N2CCCCC2)CC1)c1ccccc1. The van der Waals surface area contributed by atoms with Crippen molar-refractivity contribution in [2.45, 2.75) is 64.7 Å². The van der Waals surface area contributed by atoms with E-state index in [0.717, 1.165) is 62.1 Å². The van der Waals surface area contributed by atoms with Gasteiger partial charge in [-0.25, -0.2) is 0 Å². The smallest absolute Gasteiger partial charge is 0.230 e. The predicted octanol–water partition coefficient (Wildman–Crippen LogP) is 6.23. The van der Waals surface area contributed by atoms with Crippen LogP contribution in [0.3, 0.4) is 0 Å². The number of likely N-dealkylation sites (tertiary alicyclic amines) is 2. The molecule has 2 amide bonds. The van der Waals surface area contributed by atoms with Crippen LogP contribution in [0.4, 0.5) is 0 Å². The standard InChI is InChI=1S/C30H39ClN2O3/c1-3-26(24-10-6-4-7-11-24)29(35)33-18-14-30(15-19-33,21-28(34)32-16-8-5-9-17-32)22-36-25-12-13-27(31)23(2)20-25/h4,6-7,10-13,20,26H,3,5,8-9,14-19,21-22H2,1-2H3/t26-/m0/s1. The quantitative estimate of drug-likeness (QED) is 0.423. The van der Waals surface area contributed by atoms with Crippen molar-refractivity contribution in [3.8, 4) is 5.75 Å². The number of ether oxygens (including phenoxy) is 1. The third kappa shape index (κ3) is 6.42. The maximum Gasteiger partial charge on any atom is 0.230 e. The Labute approximate surface area is 220 Å². The number of hydrogen-bond donors (Lipinski definition) is 0. The number of carbonyl (C=O) groups is 2. The average molecular weight is 511 g/mol. The van der Waals surface area contributed by atoms with Gasteiger partial charge < -0.3 is 14.5 Å². The molecule has 0 aromatic heterocycles. The summed E-state index contributed by atoms with van der Waals surface area (Å²) in [6.07, 6.45) is 6.13. The second kappa shape index (κ2) is 12.1. The van der Waals surface area contributed by atoms with Gasteiger partial charge in [-0.15, -0.1) is 0 Å². The Morgan fingerprint density at radius 3 is 2.31 bits per heavy atom. The summed E-state index contributed by atoms with van der Waals surface area (Å²) < 4.78 is 6.27. The summed E-state index contributed by atoms with van der Waals surface area (Å²) in [5, 5.41) is 0.716. The maximum atomic E-state index is 13.5. The first kappa shape index (κ1) is 26.5. The van der Waals surface area contributed by atoms with Crippen LogP contribution in [0, 0.1) is 12.3 Å². The second-order valence-electron chi connectivity index (χ2n) is 10.5. The van der Waals surface area contributed by atoms with Crippen LogP contribution in [0.15, 0.2) is 48.5 Å². The van der Waals surface area contributed by atoms with E-state index in [9.17, 15) is 9.59 Å². The van der Waals surface area contributed by atoms with Crippen molar-refractivity contribution < 1.29 is 14.3 Å². The van der Waals surface area contributed by atoms with E-state index < -0.39 is 0 Å². The molecule has 2 aliphatic heterocycles. The molecule has 2 aliphatic rings. The van der Waals surface area contributed by atoms with Crippen LogP contribution in [0.5, 0.6) is 5.75 Å². The molecule has 0 spiro atoms. The lowest BCUT2D eigenvalue weighted by Gasteiger charge is -2.43. The molecular formula is C30H39ClN2O3. The largest absolute Gasteiger partial charge is 0.493 e. The Morgan fingerprint density at radius 2 is 1.67 bits per heavy atom. The Balaban J connectivity index is 1.46. The fraction of sp³-hybridized carbons (Fsp3) is 0.533. The Kier molecular flexibility index (Phi) is 8.95. The number of halogens is 1. The summed E-state index contributed by atoms with van der Waals surface area (Å²) >= 11 is 6.20. The molecule has 0 aliphatic carbocycles. The molecule has 2 aromatic rings. The average Bonchev–Trinajstić information content (AvgIpc) is 2.91. The van der Waals surface area contributed by atoms with Crippen LogP contribution < -0.4 is 4.74 Å². The summed E-state index contributed by atoms with van der Waals surface area (Å²) in [5.41, 5.74) is 1.76. The van der Waals surface area contributed by atoms with E-state index in [1.54, 1.807) is 0 Å². The number of carbonyl (C=O) groups excluding carboxylic acids is 2. The van der Waals surface area contributed by atoms with Crippen molar-refractivity contribution in [1.82, 2.24) is 9.80 Å². The second-order valence-corrected chi connectivity index (χ2v) is 10.9. The van der Waals surface area contributed by atoms with Crippen LogP contribution in [-0.2, 0) is 9.59 Å². The highest BCUT2D eigenvalue weighted by molar-refractivity contribution is 6.31. The van der Waals surface area contributed by atoms with E-state index in [1.807, 2.05) is 65.3 Å². The maximum absolute atomic E-state index is 13.5. The van der Waals surface area contributed by atoms with Crippen molar-refractivity contribution in [3.63, 3.8) is 0 Å². The first-order valence-electron chi connectivity index (χ1n) is 13.4. The van der Waals surface area contributed by atoms with Gasteiger partial charge in [0.15, 0.2) is 0 Å². The van der Waals surface area contributed by atoms with Gasteiger partial charge in [-0.1, -0.05) is 48.9 Å². The lowest BCUT2D eigenvalue weighted by Crippen LogP contribution is -2.49. The Morgan fingerprint density at radius 1 is 0.972 bits per heavy atom. The summed E-state index contributed by atoms with van der Waals surface area (Å²) in [4.78, 5) is 30.8. The number of nitrogens with zero attached hydrogens (tertiary/aromatic N) is 2. The number of aryl methyl sites for hydroxylation is 1. The lowest BCUT2D eigenvalue weighted by atomic mass is 9.75. The molecular weight excluding hydrogens is 472 g/mol. The van der Waals surface area contributed by atoms with Crippen molar-refractivity contribution in [3.05, 3.63) is 64.7 Å². The van der Waals surface area contributed by atoms with Crippen molar-refractivity contribution in [2.75, 3.05) is 32.8 Å². The highest BCUT2D eigenvalue weighted by Crippen LogP contribution is 2.38. The van der Waals surface area contributed by atoms with Gasteiger partial charge >= 0.3 is 0 Å². The Hall–Kier alpha value is -2.53. The van der Waals surface area contributed by atoms with Crippen molar-refractivity contribution >= 4 is 23.4 Å². The molecule has 2 aromatic carbocycles. The van der Waals surface area contributed by atoms with Crippen LogP contribution in [0.25, 0.3) is 0 Å². The molecule has 36 heavy (non-hydrogen) atoms. The van der Waals surface area contributed by atoms with Gasteiger partial charge in [0, 0.05) is 43.0 Å². The van der Waals surface area contributed by atoms with Crippen LogP contribution in [0.2, 0.25) is 5.02 Å². The minimum Gasteiger partial charge on any atom is -0.493 e. The summed E-state index contributed by atoms with van der Waals surface area (Å²) in [6.45, 7) is 7.51. The van der Waals surface area contributed by atoms with E-state index in [-0.39, 0.29) is 23.1 Å².